The topological polar surface area (TPSA) is 60.4 Å². The molecule has 0 aromatic carbocycles. The standard InChI is InChI=1S/Bi.H2O3S/c;1-4(2)3/h;(H2,1,2,3)/q+3;/p-1. The molecule has 0 spiro atoms. The third-order valence-corrected chi connectivity index (χ3v) is 0. The Hall–Kier alpha value is 0.953. The maximum atomic E-state index is 8.56. The SMILES string of the molecule is O=S([O-])O.[Bi+3]. The van der Waals surface area contributed by atoms with Crippen LogP contribution in [-0.2, 0) is 11.4 Å². The fraction of sp³-hybridized carbons (Fsp3) is 0. The Morgan fingerprint density at radius 1 is 1.80 bits per heavy atom. The van der Waals surface area contributed by atoms with E-state index in [9.17, 15) is 0 Å². The number of hydrogen-bond acceptors (Lipinski definition) is 2. The smallest absolute Gasteiger partial charge is 0.750 e. The van der Waals surface area contributed by atoms with Gasteiger partial charge >= 0.3 is 26.2 Å². The van der Waals surface area contributed by atoms with Crippen molar-refractivity contribution in [3.8, 4) is 0 Å². The first-order valence-electron chi connectivity index (χ1n) is 0.516. The normalized spacial score (nSPS) is 12.4. The van der Waals surface area contributed by atoms with Crippen LogP contribution < -0.4 is 0 Å². The predicted molar refractivity (Wildman–Crippen MR) is 17.3 cm³/mol. The fourth-order valence-corrected chi connectivity index (χ4v) is 0. The average molecular weight is 290 g/mol. The summed E-state index contributed by atoms with van der Waals surface area (Å²) in [6.45, 7) is 0. The van der Waals surface area contributed by atoms with Gasteiger partial charge in [-0.3, -0.25) is 0 Å². The van der Waals surface area contributed by atoms with E-state index in [1.165, 1.54) is 0 Å². The van der Waals surface area contributed by atoms with Crippen molar-refractivity contribution in [1.29, 1.82) is 0 Å². The maximum Gasteiger partial charge on any atom is 3.00 e. The van der Waals surface area contributed by atoms with Crippen LogP contribution in [0.1, 0.15) is 0 Å². The first-order chi connectivity index (χ1) is 1.73. The summed E-state index contributed by atoms with van der Waals surface area (Å²) in [5.74, 6) is 0. The monoisotopic (exact) mass is 290 g/mol. The molecule has 0 bridgehead atoms. The van der Waals surface area contributed by atoms with Gasteiger partial charge in [-0.25, -0.2) is 4.21 Å². The minimum Gasteiger partial charge on any atom is -0.750 e. The summed E-state index contributed by atoms with van der Waals surface area (Å²) in [6.07, 6.45) is 0. The van der Waals surface area contributed by atoms with E-state index in [4.69, 9.17) is 13.3 Å². The molecule has 2 radical (unpaired) electrons. The summed E-state index contributed by atoms with van der Waals surface area (Å²) < 4.78 is 24.1. The van der Waals surface area contributed by atoms with Crippen molar-refractivity contribution in [1.82, 2.24) is 0 Å². The molecule has 0 aromatic rings. The molecule has 0 aromatic heterocycles. The summed E-state index contributed by atoms with van der Waals surface area (Å²) >= 11 is -2.86. The van der Waals surface area contributed by atoms with Crippen LogP contribution in [0.5, 0.6) is 0 Å². The van der Waals surface area contributed by atoms with Crippen LogP contribution in [0.15, 0.2) is 0 Å². The minimum atomic E-state index is -2.86. The second kappa shape index (κ2) is 4.95. The Morgan fingerprint density at radius 2 is 1.80 bits per heavy atom. The van der Waals surface area contributed by atoms with Crippen LogP contribution in [0.4, 0.5) is 0 Å². The Bertz CT molecular complexity index is 29.9. The van der Waals surface area contributed by atoms with E-state index in [2.05, 4.69) is 0 Å². The van der Waals surface area contributed by atoms with Crippen molar-refractivity contribution in [3.05, 3.63) is 0 Å². The second-order valence-corrected chi connectivity index (χ2v) is 0.651. The molecule has 1 unspecified atom stereocenters. The molecule has 0 aliphatic carbocycles. The molecule has 0 saturated heterocycles. The number of rotatable bonds is 0. The van der Waals surface area contributed by atoms with Crippen molar-refractivity contribution < 1.29 is 13.3 Å². The Morgan fingerprint density at radius 3 is 1.80 bits per heavy atom. The first kappa shape index (κ1) is 9.35. The molecule has 0 heterocycles. The zero-order valence-corrected chi connectivity index (χ0v) is 6.41. The Kier molecular flexibility index (Phi) is 9.26. The van der Waals surface area contributed by atoms with E-state index in [1.807, 2.05) is 0 Å². The first-order valence-corrected chi connectivity index (χ1v) is 1.55. The van der Waals surface area contributed by atoms with Gasteiger partial charge in [-0.2, -0.15) is 0 Å². The van der Waals surface area contributed by atoms with Gasteiger partial charge in [-0.05, 0) is 0 Å². The summed E-state index contributed by atoms with van der Waals surface area (Å²) in [5.41, 5.74) is 0. The molecule has 28 valence electrons. The molecule has 0 aliphatic heterocycles. The van der Waals surface area contributed by atoms with Crippen LogP contribution in [0.25, 0.3) is 0 Å². The zero-order chi connectivity index (χ0) is 3.58. The van der Waals surface area contributed by atoms with Gasteiger partial charge in [0, 0.05) is 0 Å². The maximum absolute atomic E-state index is 8.56. The van der Waals surface area contributed by atoms with Crippen molar-refractivity contribution >= 4 is 37.6 Å². The van der Waals surface area contributed by atoms with Crippen molar-refractivity contribution in [2.24, 2.45) is 0 Å². The third-order valence-electron chi connectivity index (χ3n) is 0. The Balaban J connectivity index is 0. The van der Waals surface area contributed by atoms with Gasteiger partial charge in [0.1, 0.15) is 0 Å². The van der Waals surface area contributed by atoms with Crippen molar-refractivity contribution in [2.75, 3.05) is 0 Å². The van der Waals surface area contributed by atoms with Gasteiger partial charge < -0.3 is 9.11 Å². The molecule has 5 heavy (non-hydrogen) atoms. The van der Waals surface area contributed by atoms with E-state index in [1.54, 1.807) is 0 Å². The summed E-state index contributed by atoms with van der Waals surface area (Å²) in [5, 5.41) is 0. The molecule has 1 atom stereocenters. The molecular weight excluding hydrogens is 289 g/mol. The average Bonchev–Trinajstić information content (AvgIpc) is 0.811. The van der Waals surface area contributed by atoms with Gasteiger partial charge in [0.2, 0.25) is 0 Å². The molecule has 0 saturated carbocycles. The molecule has 5 heteroatoms. The van der Waals surface area contributed by atoms with E-state index < -0.39 is 11.4 Å². The molecule has 0 amide bonds. The molecule has 0 rings (SSSR count). The van der Waals surface area contributed by atoms with Crippen molar-refractivity contribution in [3.63, 3.8) is 0 Å². The molecule has 1 N–H and O–H groups in total. The van der Waals surface area contributed by atoms with Crippen LogP contribution >= 0.6 is 0 Å². The third kappa shape index (κ3) is 47.5. The van der Waals surface area contributed by atoms with Gasteiger partial charge in [-0.15, -0.1) is 0 Å². The van der Waals surface area contributed by atoms with Crippen LogP contribution in [0.3, 0.4) is 0 Å². The van der Waals surface area contributed by atoms with Crippen LogP contribution in [0.2, 0.25) is 0 Å². The van der Waals surface area contributed by atoms with Gasteiger partial charge in [0.15, 0.2) is 0 Å². The summed E-state index contributed by atoms with van der Waals surface area (Å²) in [7, 11) is 0. The van der Waals surface area contributed by atoms with E-state index in [0.717, 1.165) is 0 Å². The van der Waals surface area contributed by atoms with Crippen molar-refractivity contribution in [2.45, 2.75) is 0 Å². The van der Waals surface area contributed by atoms with E-state index in [-0.39, 0.29) is 26.2 Å². The van der Waals surface area contributed by atoms with E-state index >= 15 is 0 Å². The van der Waals surface area contributed by atoms with Gasteiger partial charge in [0.05, 0.1) is 11.4 Å². The number of hydrogen-bond donors (Lipinski definition) is 1. The quantitative estimate of drug-likeness (QED) is 0.458. The van der Waals surface area contributed by atoms with Crippen LogP contribution in [0, 0.1) is 0 Å². The second-order valence-electron chi connectivity index (χ2n) is 0.217. The minimum absolute atomic E-state index is 0. The Labute approximate surface area is 51.0 Å². The molecule has 0 fully saturated rings. The largest absolute Gasteiger partial charge is 3.00 e. The molecular formula is HBiO3S+2. The molecule has 0 aliphatic rings. The van der Waals surface area contributed by atoms with E-state index in [0.29, 0.717) is 0 Å². The predicted octanol–water partition coefficient (Wildman–Crippen LogP) is -1.04. The van der Waals surface area contributed by atoms with Gasteiger partial charge in [-0.1, -0.05) is 0 Å². The fourth-order valence-electron chi connectivity index (χ4n) is 0. The molecule has 3 nitrogen and oxygen atoms in total. The van der Waals surface area contributed by atoms with Gasteiger partial charge in [0.25, 0.3) is 0 Å². The summed E-state index contributed by atoms with van der Waals surface area (Å²) in [6, 6.07) is 0. The van der Waals surface area contributed by atoms with Crippen LogP contribution in [-0.4, -0.2) is 39.5 Å². The zero-order valence-electron chi connectivity index (χ0n) is 2.12. The summed E-state index contributed by atoms with van der Waals surface area (Å²) in [4.78, 5) is 0.